The zero-order valence-electron chi connectivity index (χ0n) is 15.7. The van der Waals surface area contributed by atoms with E-state index in [-0.39, 0.29) is 0 Å². The van der Waals surface area contributed by atoms with E-state index in [1.165, 1.54) is 42.8 Å². The summed E-state index contributed by atoms with van der Waals surface area (Å²) in [5, 5.41) is 0. The molecule has 1 fully saturated rings. The van der Waals surface area contributed by atoms with Gasteiger partial charge in [0.05, 0.1) is 12.3 Å². The summed E-state index contributed by atoms with van der Waals surface area (Å²) < 4.78 is 5.90. The van der Waals surface area contributed by atoms with E-state index in [4.69, 9.17) is 9.72 Å². The molecule has 0 radical (unpaired) electrons. The lowest BCUT2D eigenvalue weighted by Gasteiger charge is -2.30. The van der Waals surface area contributed by atoms with Crippen LogP contribution in [0.3, 0.4) is 0 Å². The van der Waals surface area contributed by atoms with Gasteiger partial charge in [-0.25, -0.2) is 9.97 Å². The van der Waals surface area contributed by atoms with Crippen LogP contribution in [-0.4, -0.2) is 47.7 Å². The third-order valence-corrected chi connectivity index (χ3v) is 5.37. The van der Waals surface area contributed by atoms with Crippen molar-refractivity contribution in [3.05, 3.63) is 47.3 Å². The van der Waals surface area contributed by atoms with Crippen molar-refractivity contribution in [3.8, 4) is 5.88 Å². The Hall–Kier alpha value is -2.14. The highest BCUT2D eigenvalue weighted by Gasteiger charge is 2.20. The van der Waals surface area contributed by atoms with Gasteiger partial charge in [-0.15, -0.1) is 0 Å². The molecule has 138 valence electrons. The Morgan fingerprint density at radius 2 is 2.00 bits per heavy atom. The van der Waals surface area contributed by atoms with Gasteiger partial charge in [-0.05, 0) is 56.5 Å². The summed E-state index contributed by atoms with van der Waals surface area (Å²) in [6.45, 7) is 8.35. The first kappa shape index (κ1) is 17.3. The Morgan fingerprint density at radius 3 is 2.85 bits per heavy atom. The van der Waals surface area contributed by atoms with Crippen molar-refractivity contribution < 1.29 is 4.74 Å². The molecule has 2 aliphatic heterocycles. The molecule has 26 heavy (non-hydrogen) atoms. The van der Waals surface area contributed by atoms with E-state index in [1.807, 2.05) is 18.3 Å². The van der Waals surface area contributed by atoms with Crippen molar-refractivity contribution in [1.29, 1.82) is 0 Å². The van der Waals surface area contributed by atoms with E-state index >= 15 is 0 Å². The number of nitrogens with zero attached hydrogens (tertiary/aromatic N) is 4. The number of aromatic nitrogens is 2. The van der Waals surface area contributed by atoms with Crippen molar-refractivity contribution in [2.45, 2.75) is 39.2 Å². The zero-order chi connectivity index (χ0) is 17.8. The SMILES string of the molecule is Cc1cccnc1N1CCc2nc(OCCCN3CCCC3)ccc2C1. The minimum atomic E-state index is 0.752. The van der Waals surface area contributed by atoms with E-state index in [2.05, 4.69) is 33.8 Å². The number of aryl methyl sites for hydroxylation is 1. The van der Waals surface area contributed by atoms with Gasteiger partial charge in [0.1, 0.15) is 5.82 Å². The summed E-state index contributed by atoms with van der Waals surface area (Å²) in [4.78, 5) is 14.2. The molecular formula is C21H28N4O. The summed E-state index contributed by atoms with van der Waals surface area (Å²) in [7, 11) is 0. The van der Waals surface area contributed by atoms with Gasteiger partial charge >= 0.3 is 0 Å². The number of hydrogen-bond donors (Lipinski definition) is 0. The Morgan fingerprint density at radius 1 is 1.12 bits per heavy atom. The second-order valence-corrected chi connectivity index (χ2v) is 7.32. The molecule has 0 saturated carbocycles. The van der Waals surface area contributed by atoms with Crippen molar-refractivity contribution in [2.75, 3.05) is 37.7 Å². The molecule has 0 bridgehead atoms. The summed E-state index contributed by atoms with van der Waals surface area (Å²) in [5.41, 5.74) is 3.68. The van der Waals surface area contributed by atoms with E-state index in [1.54, 1.807) is 0 Å². The van der Waals surface area contributed by atoms with E-state index in [0.29, 0.717) is 0 Å². The smallest absolute Gasteiger partial charge is 0.213 e. The van der Waals surface area contributed by atoms with Gasteiger partial charge in [0.15, 0.2) is 0 Å². The van der Waals surface area contributed by atoms with Crippen LogP contribution in [0.1, 0.15) is 36.1 Å². The highest BCUT2D eigenvalue weighted by Crippen LogP contribution is 2.25. The largest absolute Gasteiger partial charge is 0.478 e. The van der Waals surface area contributed by atoms with E-state index < -0.39 is 0 Å². The number of rotatable bonds is 6. The fraction of sp³-hybridized carbons (Fsp3) is 0.524. The van der Waals surface area contributed by atoms with Crippen molar-refractivity contribution >= 4 is 5.82 Å². The van der Waals surface area contributed by atoms with Crippen LogP contribution < -0.4 is 9.64 Å². The first-order chi connectivity index (χ1) is 12.8. The van der Waals surface area contributed by atoms with Crippen LogP contribution in [0.2, 0.25) is 0 Å². The molecule has 0 amide bonds. The Balaban J connectivity index is 1.32. The number of hydrogen-bond acceptors (Lipinski definition) is 5. The van der Waals surface area contributed by atoms with Crippen LogP contribution >= 0.6 is 0 Å². The third-order valence-electron chi connectivity index (χ3n) is 5.37. The molecule has 1 saturated heterocycles. The van der Waals surface area contributed by atoms with Crippen LogP contribution in [0.25, 0.3) is 0 Å². The van der Waals surface area contributed by atoms with Gasteiger partial charge in [-0.2, -0.15) is 0 Å². The second-order valence-electron chi connectivity index (χ2n) is 7.32. The lowest BCUT2D eigenvalue weighted by Crippen LogP contribution is -2.32. The van der Waals surface area contributed by atoms with Crippen molar-refractivity contribution in [3.63, 3.8) is 0 Å². The standard InChI is InChI=1S/C21H28N4O/c1-17-6-4-10-22-21(17)25-14-9-19-18(16-25)7-8-20(23-19)26-15-5-13-24-11-2-3-12-24/h4,6-8,10H,2-3,5,9,11-16H2,1H3. The van der Waals surface area contributed by atoms with Crippen molar-refractivity contribution in [1.82, 2.24) is 14.9 Å². The number of pyridine rings is 2. The molecule has 2 aliphatic rings. The van der Waals surface area contributed by atoms with Crippen molar-refractivity contribution in [2.24, 2.45) is 0 Å². The van der Waals surface area contributed by atoms with Gasteiger partial charge in [0, 0.05) is 38.3 Å². The fourth-order valence-electron chi connectivity index (χ4n) is 3.94. The van der Waals surface area contributed by atoms with Gasteiger partial charge in [0.25, 0.3) is 0 Å². The van der Waals surface area contributed by atoms with Gasteiger partial charge in [-0.1, -0.05) is 12.1 Å². The third kappa shape index (κ3) is 3.98. The molecule has 0 N–H and O–H groups in total. The van der Waals surface area contributed by atoms with Crippen LogP contribution in [0.15, 0.2) is 30.5 Å². The number of likely N-dealkylation sites (tertiary alicyclic amines) is 1. The van der Waals surface area contributed by atoms with Gasteiger partial charge < -0.3 is 14.5 Å². The maximum atomic E-state index is 5.90. The fourth-order valence-corrected chi connectivity index (χ4v) is 3.94. The maximum Gasteiger partial charge on any atom is 0.213 e. The molecule has 2 aromatic rings. The van der Waals surface area contributed by atoms with Crippen LogP contribution in [0.5, 0.6) is 5.88 Å². The minimum absolute atomic E-state index is 0.752. The Labute approximate surface area is 156 Å². The lowest BCUT2D eigenvalue weighted by molar-refractivity contribution is 0.256. The van der Waals surface area contributed by atoms with E-state index in [0.717, 1.165) is 50.8 Å². The number of fused-ring (bicyclic) bond motifs is 1. The zero-order valence-corrected chi connectivity index (χ0v) is 15.7. The first-order valence-corrected chi connectivity index (χ1v) is 9.80. The average Bonchev–Trinajstić information content (AvgIpc) is 3.19. The number of anilines is 1. The average molecular weight is 352 g/mol. The quantitative estimate of drug-likeness (QED) is 0.747. The highest BCUT2D eigenvalue weighted by molar-refractivity contribution is 5.48. The molecule has 4 rings (SSSR count). The van der Waals surface area contributed by atoms with Crippen LogP contribution in [-0.2, 0) is 13.0 Å². The Kier molecular flexibility index (Phi) is 5.34. The molecule has 0 aromatic carbocycles. The van der Waals surface area contributed by atoms with E-state index in [9.17, 15) is 0 Å². The molecule has 0 spiro atoms. The minimum Gasteiger partial charge on any atom is -0.478 e. The monoisotopic (exact) mass is 352 g/mol. The summed E-state index contributed by atoms with van der Waals surface area (Å²) in [5.74, 6) is 1.85. The van der Waals surface area contributed by atoms with Gasteiger partial charge in [-0.3, -0.25) is 0 Å². The predicted molar refractivity (Wildman–Crippen MR) is 104 cm³/mol. The summed E-state index contributed by atoms with van der Waals surface area (Å²) in [6, 6.07) is 8.30. The second kappa shape index (κ2) is 8.04. The summed E-state index contributed by atoms with van der Waals surface area (Å²) >= 11 is 0. The topological polar surface area (TPSA) is 41.5 Å². The first-order valence-electron chi connectivity index (χ1n) is 9.80. The molecule has 0 atom stereocenters. The van der Waals surface area contributed by atoms with Gasteiger partial charge in [0.2, 0.25) is 5.88 Å². The normalized spacial score (nSPS) is 17.3. The molecule has 0 aliphatic carbocycles. The molecule has 5 nitrogen and oxygen atoms in total. The summed E-state index contributed by atoms with van der Waals surface area (Å²) in [6.07, 6.45) is 6.58. The molecule has 0 unspecified atom stereocenters. The predicted octanol–water partition coefficient (Wildman–Crippen LogP) is 3.21. The lowest BCUT2D eigenvalue weighted by atomic mass is 10.1. The Bertz CT molecular complexity index is 743. The molecule has 2 aromatic heterocycles. The van der Waals surface area contributed by atoms with Crippen LogP contribution in [0, 0.1) is 6.92 Å². The molecular weight excluding hydrogens is 324 g/mol. The molecule has 5 heteroatoms. The maximum absolute atomic E-state index is 5.90. The van der Waals surface area contributed by atoms with Crippen LogP contribution in [0.4, 0.5) is 5.82 Å². The molecule has 4 heterocycles. The highest BCUT2D eigenvalue weighted by atomic mass is 16.5. The number of ether oxygens (including phenoxy) is 1.